The quantitative estimate of drug-likeness (QED) is 0.0995. The Bertz CT molecular complexity index is 1370. The van der Waals surface area contributed by atoms with E-state index in [0.717, 1.165) is 0 Å². The number of hydrogen-bond acceptors (Lipinski definition) is 18. The molecule has 0 spiro atoms. The summed E-state index contributed by atoms with van der Waals surface area (Å²) in [4.78, 5) is 0. The van der Waals surface area contributed by atoms with Crippen LogP contribution in [-0.2, 0) is 169 Å². The molecule has 31 heavy (non-hydrogen) atoms. The van der Waals surface area contributed by atoms with Crippen LogP contribution < -0.4 is 0 Å². The Morgan fingerprint density at radius 3 is 0.968 bits per heavy atom. The van der Waals surface area contributed by atoms with Crippen molar-refractivity contribution in [3.63, 3.8) is 0 Å². The van der Waals surface area contributed by atoms with Crippen LogP contribution in [0.15, 0.2) is 0 Å². The molecule has 24 nitrogen and oxygen atoms in total. The summed E-state index contributed by atoms with van der Waals surface area (Å²) in [6.45, 7) is 0. The fourth-order valence-corrected chi connectivity index (χ4v) is 39.1. The summed E-state index contributed by atoms with van der Waals surface area (Å²) in [6.07, 6.45) is 0. The topological polar surface area (TPSA) is 382 Å². The second-order valence-corrected chi connectivity index (χ2v) is 35.3. The van der Waals surface area contributed by atoms with Crippen LogP contribution in [0.3, 0.4) is 0 Å². The molecule has 0 aromatic rings. The Labute approximate surface area is 189 Å². The van der Waals surface area contributed by atoms with E-state index < -0.39 is 116 Å². The maximum atomic E-state index is 11.4. The van der Waals surface area contributed by atoms with E-state index in [4.69, 9.17) is 22.6 Å². The minimum atomic E-state index is -9.18. The molecule has 0 radical (unpaired) electrons. The Morgan fingerprint density at radius 2 is 0.710 bits per heavy atom. The molecule has 0 rings (SSSR count). The van der Waals surface area contributed by atoms with Gasteiger partial charge in [0.15, 0.2) is 0 Å². The van der Waals surface area contributed by atoms with Crippen molar-refractivity contribution in [2.75, 3.05) is 0 Å². The van der Waals surface area contributed by atoms with Gasteiger partial charge >= 0.3 is 192 Å². The zero-order valence-electron chi connectivity index (χ0n) is 12.9. The average molecular weight is 1060 g/mol. The van der Waals surface area contributed by atoms with Gasteiger partial charge in [0.2, 0.25) is 0 Å². The van der Waals surface area contributed by atoms with Crippen molar-refractivity contribution in [2.24, 2.45) is 0 Å². The fraction of sp³-hybridized carbons (Fsp3) is 0. The van der Waals surface area contributed by atoms with Gasteiger partial charge in [0.1, 0.15) is 0 Å². The van der Waals surface area contributed by atoms with Crippen molar-refractivity contribution in [1.29, 1.82) is 0 Å². The number of hydrogen-bond donors (Lipinski definition) is 6. The summed E-state index contributed by atoms with van der Waals surface area (Å²) in [5.41, 5.74) is 0. The standard InChI is InChI=1S/7Mo.6H2O.18O/h;;;;;;;6*1H2;;;;;;;;;;;;;;;;;;/q;;;2*+1;2*+2;;;;;;;;;;;;;;;;;;;;;;;;/p-6. The third kappa shape index (κ3) is 16.3. The van der Waals surface area contributed by atoms with Crippen molar-refractivity contribution < 1.29 is 192 Å². The van der Waals surface area contributed by atoms with Crippen molar-refractivity contribution in [3.05, 3.63) is 0 Å². The molecule has 192 valence electrons. The molecule has 0 heterocycles. The summed E-state index contributed by atoms with van der Waals surface area (Å²) in [5.74, 6) is 0. The van der Waals surface area contributed by atoms with Crippen molar-refractivity contribution >= 4 is 0 Å². The minimum absolute atomic E-state index is 2.76. The Morgan fingerprint density at radius 1 is 0.452 bits per heavy atom. The van der Waals surface area contributed by atoms with Gasteiger partial charge in [0, 0.05) is 0 Å². The summed E-state index contributed by atoms with van der Waals surface area (Å²) in [5, 5.41) is 0. The number of rotatable bonds is 12. The molecule has 6 N–H and O–H groups in total. The second-order valence-electron chi connectivity index (χ2n) is 3.95. The van der Waals surface area contributed by atoms with Crippen LogP contribution in [0, 0.1) is 0 Å². The van der Waals surface area contributed by atoms with Crippen LogP contribution in [0.4, 0.5) is 0 Å². The normalized spacial score (nSPS) is 17.9. The first-order chi connectivity index (χ1) is 12.8. The Hall–Kier alpha value is 1.94. The fourth-order valence-electron chi connectivity index (χ4n) is 0.839. The molecule has 0 saturated heterocycles. The van der Waals surface area contributed by atoms with Gasteiger partial charge in [0.05, 0.1) is 0 Å². The molecule has 0 aromatic carbocycles. The van der Waals surface area contributed by atoms with E-state index in [1.807, 2.05) is 0 Å². The van der Waals surface area contributed by atoms with Gasteiger partial charge in [-0.25, -0.2) is 0 Å². The van der Waals surface area contributed by atoms with Crippen molar-refractivity contribution in [1.82, 2.24) is 0 Å². The van der Waals surface area contributed by atoms with Crippen molar-refractivity contribution in [3.8, 4) is 0 Å². The molecule has 0 aliphatic heterocycles. The van der Waals surface area contributed by atoms with Gasteiger partial charge in [-0.15, -0.1) is 0 Å². The van der Waals surface area contributed by atoms with Gasteiger partial charge in [-0.1, -0.05) is 0 Å². The van der Waals surface area contributed by atoms with Crippen LogP contribution in [0.25, 0.3) is 0 Å². The van der Waals surface area contributed by atoms with E-state index >= 15 is 0 Å². The molecule has 0 atom stereocenters. The van der Waals surface area contributed by atoms with Gasteiger partial charge in [-0.05, 0) is 0 Å². The molecule has 0 aromatic heterocycles. The van der Waals surface area contributed by atoms with Crippen LogP contribution in [0.1, 0.15) is 0 Å². The van der Waals surface area contributed by atoms with Crippen molar-refractivity contribution in [2.45, 2.75) is 0 Å². The zero-order valence-corrected chi connectivity index (χ0v) is 26.9. The zero-order chi connectivity index (χ0) is 25.6. The first kappa shape index (κ1) is 32.9. The summed E-state index contributed by atoms with van der Waals surface area (Å²) in [6, 6.07) is 0. The Kier molecular flexibility index (Phi) is 9.68. The molecule has 0 amide bonds. The summed E-state index contributed by atoms with van der Waals surface area (Å²) < 4.78 is 201. The predicted octanol–water partition coefficient (Wildman–Crippen LogP) is -5.20. The average Bonchev–Trinajstić information content (AvgIpc) is 2.06. The second kappa shape index (κ2) is 9.11. The van der Waals surface area contributed by atoms with Crippen LogP contribution >= 0.6 is 0 Å². The molecule has 0 unspecified atom stereocenters. The van der Waals surface area contributed by atoms with E-state index in [0.29, 0.717) is 0 Å². The molecular weight excluding hydrogens is 1060 g/mol. The molecule has 0 bridgehead atoms. The van der Waals surface area contributed by atoms with E-state index in [1.54, 1.807) is 0 Å². The molecule has 31 heteroatoms. The first-order valence-electron chi connectivity index (χ1n) is 5.10. The third-order valence-electron chi connectivity index (χ3n) is 1.14. The van der Waals surface area contributed by atoms with E-state index in [2.05, 4.69) is 12.3 Å². The van der Waals surface area contributed by atoms with E-state index in [1.165, 1.54) is 0 Å². The van der Waals surface area contributed by atoms with Gasteiger partial charge in [-0.2, -0.15) is 0 Å². The van der Waals surface area contributed by atoms with Gasteiger partial charge in [-0.3, -0.25) is 0 Å². The first-order valence-corrected chi connectivity index (χ1v) is 30.1. The van der Waals surface area contributed by atoms with Crippen LogP contribution in [-0.4, -0.2) is 22.6 Å². The Balaban J connectivity index is 5.87. The summed E-state index contributed by atoms with van der Waals surface area (Å²) in [7, 11) is 0. The molecule has 0 fully saturated rings. The molecular formula is H6Mo7O24. The van der Waals surface area contributed by atoms with Gasteiger partial charge < -0.3 is 0 Å². The monoisotopic (exact) mass is 1080 g/mol. The molecule has 0 aliphatic carbocycles. The van der Waals surface area contributed by atoms with E-state index in [9.17, 15) is 40.8 Å². The summed E-state index contributed by atoms with van der Waals surface area (Å²) >= 11 is -56.4. The van der Waals surface area contributed by atoms with Crippen LogP contribution in [0.5, 0.6) is 0 Å². The van der Waals surface area contributed by atoms with Crippen LogP contribution in [0.2, 0.25) is 0 Å². The molecule has 0 aliphatic rings. The third-order valence-corrected chi connectivity index (χ3v) is 39.8. The van der Waals surface area contributed by atoms with Gasteiger partial charge in [0.25, 0.3) is 0 Å². The SMILES string of the molecule is [O]=[Mo](=[O])([OH])[O][Mo](=[O])(=[O])[O][Mo](=[O])([OH])([OH])[O][Mo](=[O])(=[O])[O][Mo](=[O])(=[O])[O][Mo](=[O])([OH])([OH])[O][Mo](=[O])(=[O])[OH]. The molecule has 0 saturated carbocycles. The van der Waals surface area contributed by atoms with E-state index in [-0.39, 0.29) is 0 Å². The predicted molar refractivity (Wildman–Crippen MR) is 28.1 cm³/mol. The maximum absolute atomic E-state index is 11.4.